The summed E-state index contributed by atoms with van der Waals surface area (Å²) >= 11 is 0. The van der Waals surface area contributed by atoms with E-state index >= 15 is 0 Å². The van der Waals surface area contributed by atoms with E-state index in [-0.39, 0.29) is 0 Å². The third-order valence-corrected chi connectivity index (χ3v) is 3.65. The first-order chi connectivity index (χ1) is 9.00. The van der Waals surface area contributed by atoms with Gasteiger partial charge < -0.3 is 5.73 Å². The third-order valence-electron chi connectivity index (χ3n) is 3.65. The van der Waals surface area contributed by atoms with Crippen LogP contribution in [0.5, 0.6) is 0 Å². The van der Waals surface area contributed by atoms with Crippen LogP contribution < -0.4 is 5.73 Å². The van der Waals surface area contributed by atoms with Crippen LogP contribution in [0.25, 0.3) is 16.9 Å². The zero-order chi connectivity index (χ0) is 13.7. The molecule has 0 aliphatic rings. The second-order valence-corrected chi connectivity index (χ2v) is 4.91. The van der Waals surface area contributed by atoms with Crippen molar-refractivity contribution < 1.29 is 0 Å². The Hall–Kier alpha value is -2.30. The van der Waals surface area contributed by atoms with Crippen molar-refractivity contribution in [1.82, 2.24) is 19.3 Å². The van der Waals surface area contributed by atoms with E-state index in [0.717, 1.165) is 22.5 Å². The number of nitrogen functional groups attached to an aromatic ring is 1. The minimum Gasteiger partial charge on any atom is -0.369 e. The highest BCUT2D eigenvalue weighted by Crippen LogP contribution is 2.27. The summed E-state index contributed by atoms with van der Waals surface area (Å²) in [5.74, 6) is 0.500. The zero-order valence-corrected chi connectivity index (χ0v) is 11.6. The van der Waals surface area contributed by atoms with E-state index in [4.69, 9.17) is 5.73 Å². The average Bonchev–Trinajstić information content (AvgIpc) is 2.82. The molecule has 3 aromatic rings. The van der Waals surface area contributed by atoms with Gasteiger partial charge in [0.1, 0.15) is 5.52 Å². The summed E-state index contributed by atoms with van der Waals surface area (Å²) in [5.41, 5.74) is 12.3. The summed E-state index contributed by atoms with van der Waals surface area (Å²) in [5, 5.41) is 4.41. The van der Waals surface area contributed by atoms with Gasteiger partial charge in [-0.3, -0.25) is 4.57 Å². The first-order valence-electron chi connectivity index (χ1n) is 6.25. The first kappa shape index (κ1) is 11.8. The van der Waals surface area contributed by atoms with E-state index in [1.54, 1.807) is 0 Å². The molecule has 98 valence electrons. The lowest BCUT2D eigenvalue weighted by atomic mass is 10.1. The fourth-order valence-electron chi connectivity index (χ4n) is 2.50. The molecule has 0 saturated heterocycles. The number of nitrogens with two attached hydrogens (primary N) is 1. The van der Waals surface area contributed by atoms with Crippen LogP contribution in [0.4, 0.5) is 5.95 Å². The molecule has 19 heavy (non-hydrogen) atoms. The maximum atomic E-state index is 6.10. The Bertz CT molecular complexity index is 779. The highest BCUT2D eigenvalue weighted by atomic mass is 15.3. The molecule has 2 heterocycles. The molecule has 5 heteroatoms. The molecular weight excluding hydrogens is 238 g/mol. The molecule has 2 aromatic heterocycles. The fraction of sp³-hybridized carbons (Fsp3) is 0.286. The van der Waals surface area contributed by atoms with Crippen molar-refractivity contribution in [2.24, 2.45) is 7.05 Å². The highest BCUT2D eigenvalue weighted by molar-refractivity contribution is 5.80. The lowest BCUT2D eigenvalue weighted by molar-refractivity contribution is 0.762. The van der Waals surface area contributed by atoms with Crippen molar-refractivity contribution >= 4 is 17.1 Å². The summed E-state index contributed by atoms with van der Waals surface area (Å²) in [4.78, 5) is 4.44. The van der Waals surface area contributed by atoms with Crippen LogP contribution in [0, 0.1) is 20.8 Å². The van der Waals surface area contributed by atoms with Gasteiger partial charge in [0.05, 0.1) is 11.4 Å². The van der Waals surface area contributed by atoms with Gasteiger partial charge in [-0.1, -0.05) is 12.1 Å². The first-order valence-corrected chi connectivity index (χ1v) is 6.25. The SMILES string of the molecule is Cc1cccc(-n2c(N)nc3c(C)nn(C)c32)c1C. The topological polar surface area (TPSA) is 61.7 Å². The van der Waals surface area contributed by atoms with E-state index in [2.05, 4.69) is 36.1 Å². The van der Waals surface area contributed by atoms with Crippen LogP contribution in [0.1, 0.15) is 16.8 Å². The van der Waals surface area contributed by atoms with E-state index in [1.807, 2.05) is 29.3 Å². The Balaban J connectivity index is 2.42. The number of anilines is 1. The molecule has 0 aliphatic heterocycles. The summed E-state index contributed by atoms with van der Waals surface area (Å²) < 4.78 is 3.80. The molecule has 1 aromatic carbocycles. The maximum Gasteiger partial charge on any atom is 0.207 e. The van der Waals surface area contributed by atoms with Crippen LogP contribution >= 0.6 is 0 Å². The van der Waals surface area contributed by atoms with Gasteiger partial charge >= 0.3 is 0 Å². The van der Waals surface area contributed by atoms with Crippen LogP contribution in [-0.4, -0.2) is 19.3 Å². The quantitative estimate of drug-likeness (QED) is 0.725. The Morgan fingerprint density at radius 3 is 2.63 bits per heavy atom. The van der Waals surface area contributed by atoms with Crippen molar-refractivity contribution in [2.45, 2.75) is 20.8 Å². The van der Waals surface area contributed by atoms with Crippen molar-refractivity contribution in [3.8, 4) is 5.69 Å². The van der Waals surface area contributed by atoms with Crippen molar-refractivity contribution in [3.63, 3.8) is 0 Å². The largest absolute Gasteiger partial charge is 0.369 e. The molecule has 3 rings (SSSR count). The Morgan fingerprint density at radius 2 is 1.89 bits per heavy atom. The third kappa shape index (κ3) is 1.54. The molecule has 0 aliphatic carbocycles. The normalized spacial score (nSPS) is 11.4. The van der Waals surface area contributed by atoms with Crippen LogP contribution in [0.15, 0.2) is 18.2 Å². The van der Waals surface area contributed by atoms with Gasteiger partial charge in [-0.25, -0.2) is 9.67 Å². The number of imidazole rings is 1. The van der Waals surface area contributed by atoms with E-state index in [1.165, 1.54) is 11.1 Å². The molecule has 0 bridgehead atoms. The number of rotatable bonds is 1. The van der Waals surface area contributed by atoms with Crippen molar-refractivity contribution in [3.05, 3.63) is 35.0 Å². The minimum atomic E-state index is 0.500. The second-order valence-electron chi connectivity index (χ2n) is 4.91. The number of hydrogen-bond donors (Lipinski definition) is 1. The molecule has 5 nitrogen and oxygen atoms in total. The number of aryl methyl sites for hydroxylation is 3. The van der Waals surface area contributed by atoms with Crippen LogP contribution in [0.3, 0.4) is 0 Å². The van der Waals surface area contributed by atoms with Crippen molar-refractivity contribution in [2.75, 3.05) is 5.73 Å². The molecular formula is C14H17N5. The van der Waals surface area contributed by atoms with E-state index in [0.29, 0.717) is 5.95 Å². The highest BCUT2D eigenvalue weighted by Gasteiger charge is 2.18. The molecule has 0 spiro atoms. The van der Waals surface area contributed by atoms with Gasteiger partial charge in [-0.2, -0.15) is 5.10 Å². The Kier molecular flexibility index (Phi) is 2.38. The molecule has 0 unspecified atom stereocenters. The second kappa shape index (κ2) is 3.85. The fourth-order valence-corrected chi connectivity index (χ4v) is 2.50. The average molecular weight is 255 g/mol. The van der Waals surface area contributed by atoms with Gasteiger partial charge in [0, 0.05) is 7.05 Å². The van der Waals surface area contributed by atoms with Gasteiger partial charge in [0.15, 0.2) is 5.65 Å². The Labute approximate surface area is 111 Å². The summed E-state index contributed by atoms with van der Waals surface area (Å²) in [6, 6.07) is 6.19. The van der Waals surface area contributed by atoms with Crippen molar-refractivity contribution in [1.29, 1.82) is 0 Å². The standard InChI is InChI=1S/C14H17N5/c1-8-6-5-7-11(9(8)2)19-13-12(16-14(19)15)10(3)17-18(13)4/h5-7H,1-4H3,(H2,15,16). The van der Waals surface area contributed by atoms with Gasteiger partial charge in [0.25, 0.3) is 0 Å². The lowest BCUT2D eigenvalue weighted by Gasteiger charge is -2.12. The van der Waals surface area contributed by atoms with Crippen LogP contribution in [0.2, 0.25) is 0 Å². The lowest BCUT2D eigenvalue weighted by Crippen LogP contribution is -2.06. The number of aromatic nitrogens is 4. The molecule has 0 atom stereocenters. The number of nitrogens with zero attached hydrogens (tertiary/aromatic N) is 4. The van der Waals surface area contributed by atoms with Gasteiger partial charge in [-0.05, 0) is 38.0 Å². The minimum absolute atomic E-state index is 0.500. The van der Waals surface area contributed by atoms with Gasteiger partial charge in [0.2, 0.25) is 5.95 Å². The maximum absolute atomic E-state index is 6.10. The molecule has 0 saturated carbocycles. The zero-order valence-electron chi connectivity index (χ0n) is 11.6. The van der Waals surface area contributed by atoms with Crippen LogP contribution in [-0.2, 0) is 7.05 Å². The molecule has 2 N–H and O–H groups in total. The molecule has 0 radical (unpaired) electrons. The molecule has 0 fully saturated rings. The number of fused-ring (bicyclic) bond motifs is 1. The summed E-state index contributed by atoms with van der Waals surface area (Å²) in [7, 11) is 1.91. The van der Waals surface area contributed by atoms with Gasteiger partial charge in [-0.15, -0.1) is 0 Å². The molecule has 0 amide bonds. The Morgan fingerprint density at radius 1 is 1.16 bits per heavy atom. The predicted octanol–water partition coefficient (Wildman–Crippen LogP) is 2.27. The predicted molar refractivity (Wildman–Crippen MR) is 76.5 cm³/mol. The van der Waals surface area contributed by atoms with E-state index in [9.17, 15) is 0 Å². The van der Waals surface area contributed by atoms with E-state index < -0.39 is 0 Å². The summed E-state index contributed by atoms with van der Waals surface area (Å²) in [6.07, 6.45) is 0. The summed E-state index contributed by atoms with van der Waals surface area (Å²) in [6.45, 7) is 6.14. The number of hydrogen-bond acceptors (Lipinski definition) is 3. The smallest absolute Gasteiger partial charge is 0.207 e. The monoisotopic (exact) mass is 255 g/mol. The number of benzene rings is 1.